The largest absolute Gasteiger partial charge is 0.497 e. The Hall–Kier alpha value is -3.62. The van der Waals surface area contributed by atoms with Crippen LogP contribution in [-0.2, 0) is 9.53 Å². The number of hydrogen-bond acceptors (Lipinski definition) is 7. The lowest BCUT2D eigenvalue weighted by Gasteiger charge is -2.24. The summed E-state index contributed by atoms with van der Waals surface area (Å²) in [5.74, 6) is 0.664. The van der Waals surface area contributed by atoms with E-state index in [1.54, 1.807) is 69.7 Å². The molecule has 0 amide bonds. The Morgan fingerprint density at radius 3 is 2.60 bits per heavy atom. The van der Waals surface area contributed by atoms with E-state index >= 15 is 0 Å². The van der Waals surface area contributed by atoms with Crippen LogP contribution in [-0.4, -0.2) is 31.4 Å². The smallest absolute Gasteiger partial charge is 0.338 e. The number of halogens is 1. The van der Waals surface area contributed by atoms with E-state index in [1.807, 2.05) is 0 Å². The van der Waals surface area contributed by atoms with Crippen molar-refractivity contribution in [3.8, 4) is 11.5 Å². The van der Waals surface area contributed by atoms with E-state index in [0.717, 1.165) is 0 Å². The maximum atomic E-state index is 13.7. The number of esters is 1. The minimum absolute atomic E-state index is 0.0446. The summed E-state index contributed by atoms with van der Waals surface area (Å²) in [6, 6.07) is 11.6. The quantitative estimate of drug-likeness (QED) is 0.358. The standard InChI is InChI=1S/C26H23ClN2O5S/c1-5-12-34-25(31)22-15(2)28-26-29(23(22)16-6-8-18(27)9-7-16)24(30)21(35-26)14-17-13-19(32-3)10-11-20(17)33-4/h5-11,13-14,23H,1,12H2,2-4H3. The number of allylic oxidation sites excluding steroid dienone is 1. The highest BCUT2D eigenvalue weighted by molar-refractivity contribution is 7.07. The van der Waals surface area contributed by atoms with Gasteiger partial charge in [0.25, 0.3) is 5.56 Å². The predicted molar refractivity (Wildman–Crippen MR) is 136 cm³/mol. The summed E-state index contributed by atoms with van der Waals surface area (Å²) in [5, 5.41) is 0.544. The minimum Gasteiger partial charge on any atom is -0.497 e. The Labute approximate surface area is 210 Å². The van der Waals surface area contributed by atoms with Crippen molar-refractivity contribution in [2.45, 2.75) is 13.0 Å². The maximum absolute atomic E-state index is 13.7. The molecule has 0 spiro atoms. The number of carbonyl (C=O) groups excluding carboxylic acids is 1. The molecule has 0 saturated carbocycles. The number of nitrogens with zero attached hydrogens (tertiary/aromatic N) is 2. The highest BCUT2D eigenvalue weighted by Crippen LogP contribution is 2.31. The van der Waals surface area contributed by atoms with Crippen LogP contribution >= 0.6 is 22.9 Å². The Bertz CT molecular complexity index is 1500. The third-order valence-electron chi connectivity index (χ3n) is 5.48. The number of methoxy groups -OCH3 is 2. The van der Waals surface area contributed by atoms with Gasteiger partial charge in [-0.25, -0.2) is 9.79 Å². The SMILES string of the molecule is C=CCOC(=O)C1=C(C)N=c2sc(=Cc3cc(OC)ccc3OC)c(=O)n2C1c1ccc(Cl)cc1. The zero-order valence-electron chi connectivity index (χ0n) is 19.4. The van der Waals surface area contributed by atoms with Gasteiger partial charge in [0, 0.05) is 10.6 Å². The average molecular weight is 511 g/mol. The molecule has 0 bridgehead atoms. The van der Waals surface area contributed by atoms with Gasteiger partial charge in [-0.3, -0.25) is 9.36 Å². The van der Waals surface area contributed by atoms with Crippen LogP contribution in [0.3, 0.4) is 0 Å². The van der Waals surface area contributed by atoms with Gasteiger partial charge in [-0.15, -0.1) is 0 Å². The first-order valence-electron chi connectivity index (χ1n) is 10.7. The lowest BCUT2D eigenvalue weighted by Crippen LogP contribution is -2.39. The first-order valence-corrected chi connectivity index (χ1v) is 11.9. The summed E-state index contributed by atoms with van der Waals surface area (Å²) < 4.78 is 18.1. The highest BCUT2D eigenvalue weighted by Gasteiger charge is 2.33. The molecule has 0 saturated heterocycles. The summed E-state index contributed by atoms with van der Waals surface area (Å²) in [7, 11) is 3.13. The molecule has 2 heterocycles. The maximum Gasteiger partial charge on any atom is 0.338 e. The molecule has 1 unspecified atom stereocenters. The molecule has 1 aromatic heterocycles. The van der Waals surface area contributed by atoms with Crippen molar-refractivity contribution in [2.75, 3.05) is 20.8 Å². The van der Waals surface area contributed by atoms with Gasteiger partial charge < -0.3 is 14.2 Å². The lowest BCUT2D eigenvalue weighted by atomic mass is 9.96. The van der Waals surface area contributed by atoms with Crippen LogP contribution in [0, 0.1) is 0 Å². The molecule has 1 atom stereocenters. The van der Waals surface area contributed by atoms with Crippen molar-refractivity contribution in [1.82, 2.24) is 4.57 Å². The number of aromatic nitrogens is 1. The number of hydrogen-bond donors (Lipinski definition) is 0. The van der Waals surface area contributed by atoms with Crippen LogP contribution in [0.1, 0.15) is 24.1 Å². The van der Waals surface area contributed by atoms with Crippen LogP contribution < -0.4 is 24.4 Å². The average Bonchev–Trinajstić information content (AvgIpc) is 3.16. The second-order valence-corrected chi connectivity index (χ2v) is 9.07. The number of ether oxygens (including phenoxy) is 3. The topological polar surface area (TPSA) is 79.1 Å². The van der Waals surface area contributed by atoms with Crippen molar-refractivity contribution in [1.29, 1.82) is 0 Å². The molecule has 9 heteroatoms. The Morgan fingerprint density at radius 2 is 1.94 bits per heavy atom. The molecule has 2 aromatic carbocycles. The Kier molecular flexibility index (Phi) is 7.23. The monoisotopic (exact) mass is 510 g/mol. The van der Waals surface area contributed by atoms with E-state index in [1.165, 1.54) is 22.0 Å². The van der Waals surface area contributed by atoms with Crippen molar-refractivity contribution in [3.63, 3.8) is 0 Å². The molecule has 7 nitrogen and oxygen atoms in total. The summed E-state index contributed by atoms with van der Waals surface area (Å²) in [4.78, 5) is 31.8. The molecule has 1 aliphatic rings. The fourth-order valence-corrected chi connectivity index (χ4v) is 5.01. The first-order chi connectivity index (χ1) is 16.9. The number of rotatable bonds is 7. The number of benzene rings is 2. The second-order valence-electron chi connectivity index (χ2n) is 7.63. The molecule has 0 N–H and O–H groups in total. The van der Waals surface area contributed by atoms with Gasteiger partial charge in [0.05, 0.1) is 36.1 Å². The number of fused-ring (bicyclic) bond motifs is 1. The molecule has 180 valence electrons. The van der Waals surface area contributed by atoms with E-state index in [9.17, 15) is 9.59 Å². The molecule has 0 radical (unpaired) electrons. The van der Waals surface area contributed by atoms with Gasteiger partial charge in [0.2, 0.25) is 0 Å². The van der Waals surface area contributed by atoms with Crippen LogP contribution in [0.25, 0.3) is 6.08 Å². The van der Waals surface area contributed by atoms with Gasteiger partial charge in [0.1, 0.15) is 18.1 Å². The van der Waals surface area contributed by atoms with Gasteiger partial charge in [-0.05, 0) is 48.9 Å². The zero-order chi connectivity index (χ0) is 25.1. The van der Waals surface area contributed by atoms with E-state index in [2.05, 4.69) is 11.6 Å². The minimum atomic E-state index is -0.727. The van der Waals surface area contributed by atoms with Crippen molar-refractivity contribution in [2.24, 2.45) is 4.99 Å². The second kappa shape index (κ2) is 10.3. The van der Waals surface area contributed by atoms with Crippen LogP contribution in [0.15, 0.2) is 76.2 Å². The summed E-state index contributed by atoms with van der Waals surface area (Å²) in [5.41, 5.74) is 1.86. The number of carbonyl (C=O) groups is 1. The molecule has 35 heavy (non-hydrogen) atoms. The predicted octanol–water partition coefficient (Wildman–Crippen LogP) is 3.64. The molecule has 0 fully saturated rings. The van der Waals surface area contributed by atoms with Crippen molar-refractivity contribution < 1.29 is 19.0 Å². The summed E-state index contributed by atoms with van der Waals surface area (Å²) in [6.07, 6.45) is 3.22. The van der Waals surface area contributed by atoms with E-state index in [4.69, 9.17) is 25.8 Å². The molecule has 1 aliphatic heterocycles. The third-order valence-corrected chi connectivity index (χ3v) is 6.72. The van der Waals surface area contributed by atoms with Crippen LogP contribution in [0.5, 0.6) is 11.5 Å². The third kappa shape index (κ3) is 4.80. The highest BCUT2D eigenvalue weighted by atomic mass is 35.5. The summed E-state index contributed by atoms with van der Waals surface area (Å²) in [6.45, 7) is 5.37. The molecule has 0 aliphatic carbocycles. The lowest BCUT2D eigenvalue weighted by molar-refractivity contribution is -0.138. The molecule has 3 aromatic rings. The van der Waals surface area contributed by atoms with E-state index in [0.29, 0.717) is 42.7 Å². The molecule has 4 rings (SSSR count). The molecular formula is C26H23ClN2O5S. The van der Waals surface area contributed by atoms with Crippen LogP contribution in [0.2, 0.25) is 5.02 Å². The fraction of sp³-hybridized carbons (Fsp3) is 0.192. The summed E-state index contributed by atoms with van der Waals surface area (Å²) >= 11 is 7.33. The first kappa shape index (κ1) is 24.5. The van der Waals surface area contributed by atoms with Gasteiger partial charge in [0.15, 0.2) is 4.80 Å². The van der Waals surface area contributed by atoms with E-state index < -0.39 is 12.0 Å². The van der Waals surface area contributed by atoms with Crippen molar-refractivity contribution >= 4 is 35.0 Å². The van der Waals surface area contributed by atoms with Crippen LogP contribution in [0.4, 0.5) is 0 Å². The zero-order valence-corrected chi connectivity index (χ0v) is 21.0. The van der Waals surface area contributed by atoms with Gasteiger partial charge in [-0.2, -0.15) is 0 Å². The van der Waals surface area contributed by atoms with Gasteiger partial charge in [-0.1, -0.05) is 47.7 Å². The fourth-order valence-electron chi connectivity index (χ4n) is 3.85. The Balaban J connectivity index is 1.95. The van der Waals surface area contributed by atoms with Crippen molar-refractivity contribution in [3.05, 3.63) is 102 Å². The van der Waals surface area contributed by atoms with E-state index in [-0.39, 0.29) is 17.7 Å². The Morgan fingerprint density at radius 1 is 1.20 bits per heavy atom. The van der Waals surface area contributed by atoms with Gasteiger partial charge >= 0.3 is 5.97 Å². The normalized spacial score (nSPS) is 15.3. The number of thiazole rings is 1. The molecular weight excluding hydrogens is 488 g/mol.